The molecular weight excluding hydrogens is 294 g/mol. The van der Waals surface area contributed by atoms with Crippen molar-refractivity contribution < 1.29 is 14.3 Å². The normalized spacial score (nSPS) is 20.3. The van der Waals surface area contributed by atoms with Crippen molar-refractivity contribution in [2.75, 3.05) is 6.54 Å². The van der Waals surface area contributed by atoms with E-state index in [2.05, 4.69) is 5.10 Å². The molecule has 1 saturated heterocycles. The molecule has 0 aromatic carbocycles. The third-order valence-electron chi connectivity index (χ3n) is 4.46. The van der Waals surface area contributed by atoms with Gasteiger partial charge < -0.3 is 14.4 Å². The lowest BCUT2D eigenvalue weighted by Gasteiger charge is -2.31. The van der Waals surface area contributed by atoms with Crippen LogP contribution in [0.3, 0.4) is 0 Å². The average molecular weight is 317 g/mol. The van der Waals surface area contributed by atoms with Gasteiger partial charge in [-0.25, -0.2) is 0 Å². The van der Waals surface area contributed by atoms with E-state index in [4.69, 9.17) is 4.42 Å². The maximum atomic E-state index is 12.8. The van der Waals surface area contributed by atoms with Crippen LogP contribution in [0, 0.1) is 0 Å². The first-order chi connectivity index (χ1) is 11.1. The molecule has 2 aromatic heterocycles. The molecule has 1 fully saturated rings. The summed E-state index contributed by atoms with van der Waals surface area (Å²) in [5, 5.41) is 14.5. The minimum atomic E-state index is -0.683. The number of rotatable bonds is 4. The highest BCUT2D eigenvalue weighted by Crippen LogP contribution is 2.27. The molecule has 1 amide bonds. The van der Waals surface area contributed by atoms with Crippen LogP contribution in [-0.4, -0.2) is 38.3 Å². The van der Waals surface area contributed by atoms with E-state index in [1.54, 1.807) is 42.5 Å². The summed E-state index contributed by atoms with van der Waals surface area (Å²) in [6.45, 7) is 0.725. The summed E-state index contributed by atoms with van der Waals surface area (Å²) in [5.74, 6) is 0.555. The molecule has 2 unspecified atom stereocenters. The van der Waals surface area contributed by atoms with E-state index >= 15 is 0 Å². The van der Waals surface area contributed by atoms with E-state index in [1.165, 1.54) is 0 Å². The van der Waals surface area contributed by atoms with Crippen molar-refractivity contribution in [3.05, 3.63) is 42.1 Å². The Balaban J connectivity index is 1.75. The van der Waals surface area contributed by atoms with Gasteiger partial charge in [-0.3, -0.25) is 9.48 Å². The molecule has 0 saturated carbocycles. The minimum absolute atomic E-state index is 0.00311. The molecule has 6 nitrogen and oxygen atoms in total. The van der Waals surface area contributed by atoms with Crippen LogP contribution in [0.1, 0.15) is 54.3 Å². The van der Waals surface area contributed by atoms with Crippen LogP contribution in [0.2, 0.25) is 0 Å². The monoisotopic (exact) mass is 317 g/mol. The Hall–Kier alpha value is -2.08. The van der Waals surface area contributed by atoms with Gasteiger partial charge in [0.25, 0.3) is 5.91 Å². The fourth-order valence-corrected chi connectivity index (χ4v) is 3.24. The quantitative estimate of drug-likeness (QED) is 0.940. The van der Waals surface area contributed by atoms with Crippen molar-refractivity contribution in [2.45, 2.75) is 44.2 Å². The fourth-order valence-electron chi connectivity index (χ4n) is 3.24. The van der Waals surface area contributed by atoms with Gasteiger partial charge in [0, 0.05) is 32.3 Å². The van der Waals surface area contributed by atoms with Crippen molar-refractivity contribution in [2.24, 2.45) is 7.05 Å². The molecule has 0 aliphatic carbocycles. The first kappa shape index (κ1) is 15.8. The topological polar surface area (TPSA) is 71.5 Å². The number of carbonyl (C=O) groups excluding carboxylic acids is 1. The number of aliphatic hydroxyl groups is 1. The molecule has 1 N–H and O–H groups in total. The Bertz CT molecular complexity index is 635. The zero-order chi connectivity index (χ0) is 16.2. The molecule has 1 aliphatic heterocycles. The Kier molecular flexibility index (Phi) is 4.81. The van der Waals surface area contributed by atoms with Gasteiger partial charge in [-0.2, -0.15) is 5.10 Å². The van der Waals surface area contributed by atoms with E-state index in [9.17, 15) is 9.90 Å². The van der Waals surface area contributed by atoms with Gasteiger partial charge in [0.15, 0.2) is 0 Å². The Labute approximate surface area is 135 Å². The number of likely N-dealkylation sites (tertiary alicyclic amines) is 1. The average Bonchev–Trinajstić information content (AvgIpc) is 3.16. The smallest absolute Gasteiger partial charge is 0.257 e. The molecule has 1 aliphatic rings. The molecule has 0 spiro atoms. The van der Waals surface area contributed by atoms with Crippen LogP contribution in [0.5, 0.6) is 0 Å². The van der Waals surface area contributed by atoms with E-state index in [0.29, 0.717) is 17.7 Å². The summed E-state index contributed by atoms with van der Waals surface area (Å²) < 4.78 is 6.92. The second-order valence-electron chi connectivity index (χ2n) is 6.17. The molecule has 3 rings (SSSR count). The first-order valence-corrected chi connectivity index (χ1v) is 8.16. The van der Waals surface area contributed by atoms with Gasteiger partial charge in [-0.05, 0) is 25.0 Å². The summed E-state index contributed by atoms with van der Waals surface area (Å²) in [5.41, 5.74) is 0.604. The highest BCUT2D eigenvalue weighted by atomic mass is 16.4. The third-order valence-corrected chi connectivity index (χ3v) is 4.46. The number of carbonyl (C=O) groups is 1. The molecule has 124 valence electrons. The standard InChI is InChI=1S/C17H23N3O3/c1-19-12-13(11-18-19)17(22)20-8-4-2-3-6-14(20)10-15(21)16-7-5-9-23-16/h5,7,9,11-12,14-15,21H,2-4,6,8,10H2,1H3. The zero-order valence-electron chi connectivity index (χ0n) is 13.4. The van der Waals surface area contributed by atoms with Crippen molar-refractivity contribution >= 4 is 5.91 Å². The van der Waals surface area contributed by atoms with Gasteiger partial charge in [0.2, 0.25) is 0 Å². The summed E-state index contributed by atoms with van der Waals surface area (Å²) in [4.78, 5) is 14.7. The van der Waals surface area contributed by atoms with Gasteiger partial charge in [-0.1, -0.05) is 12.8 Å². The maximum Gasteiger partial charge on any atom is 0.257 e. The number of amides is 1. The second kappa shape index (κ2) is 7.00. The lowest BCUT2D eigenvalue weighted by molar-refractivity contribution is 0.0557. The van der Waals surface area contributed by atoms with Gasteiger partial charge in [0.05, 0.1) is 18.0 Å². The highest BCUT2D eigenvalue weighted by Gasteiger charge is 2.29. The predicted octanol–water partition coefficient (Wildman–Crippen LogP) is 2.52. The van der Waals surface area contributed by atoms with E-state index in [0.717, 1.165) is 32.2 Å². The van der Waals surface area contributed by atoms with Crippen molar-refractivity contribution in [1.82, 2.24) is 14.7 Å². The fraction of sp³-hybridized carbons (Fsp3) is 0.529. The van der Waals surface area contributed by atoms with E-state index < -0.39 is 6.10 Å². The lowest BCUT2D eigenvalue weighted by Crippen LogP contribution is -2.40. The molecule has 2 atom stereocenters. The number of hydrogen-bond donors (Lipinski definition) is 1. The van der Waals surface area contributed by atoms with Crippen LogP contribution in [-0.2, 0) is 7.05 Å². The molecule has 6 heteroatoms. The third kappa shape index (κ3) is 3.64. The van der Waals surface area contributed by atoms with Crippen molar-refractivity contribution in [3.8, 4) is 0 Å². The minimum Gasteiger partial charge on any atom is -0.467 e. The summed E-state index contributed by atoms with van der Waals surface area (Å²) in [6.07, 6.45) is 8.82. The summed E-state index contributed by atoms with van der Waals surface area (Å²) in [7, 11) is 1.80. The molecule has 23 heavy (non-hydrogen) atoms. The zero-order valence-corrected chi connectivity index (χ0v) is 13.4. The molecule has 0 bridgehead atoms. The molecule has 0 radical (unpaired) electrons. The van der Waals surface area contributed by atoms with Crippen LogP contribution in [0.25, 0.3) is 0 Å². The number of aliphatic hydroxyl groups excluding tert-OH is 1. The van der Waals surface area contributed by atoms with Crippen LogP contribution < -0.4 is 0 Å². The summed E-state index contributed by atoms with van der Waals surface area (Å²) in [6, 6.07) is 3.56. The predicted molar refractivity (Wildman–Crippen MR) is 84.8 cm³/mol. The second-order valence-corrected chi connectivity index (χ2v) is 6.17. The lowest BCUT2D eigenvalue weighted by atomic mass is 10.0. The highest BCUT2D eigenvalue weighted by molar-refractivity contribution is 5.94. The molecule has 2 aromatic rings. The Morgan fingerprint density at radius 3 is 3.04 bits per heavy atom. The van der Waals surface area contributed by atoms with Crippen LogP contribution in [0.4, 0.5) is 0 Å². The number of aromatic nitrogens is 2. The SMILES string of the molecule is Cn1cc(C(=O)N2CCCCCC2CC(O)c2ccco2)cn1. The Morgan fingerprint density at radius 2 is 2.35 bits per heavy atom. The first-order valence-electron chi connectivity index (χ1n) is 8.16. The number of nitrogens with zero attached hydrogens (tertiary/aromatic N) is 3. The van der Waals surface area contributed by atoms with E-state index in [1.807, 2.05) is 4.90 Å². The molecule has 3 heterocycles. The Morgan fingerprint density at radius 1 is 1.48 bits per heavy atom. The maximum absolute atomic E-state index is 12.8. The van der Waals surface area contributed by atoms with Crippen molar-refractivity contribution in [3.63, 3.8) is 0 Å². The van der Waals surface area contributed by atoms with Crippen LogP contribution >= 0.6 is 0 Å². The number of furan rings is 1. The van der Waals surface area contributed by atoms with Gasteiger partial charge in [-0.15, -0.1) is 0 Å². The van der Waals surface area contributed by atoms with Crippen LogP contribution in [0.15, 0.2) is 35.2 Å². The molecular formula is C17H23N3O3. The van der Waals surface area contributed by atoms with Crippen molar-refractivity contribution in [1.29, 1.82) is 0 Å². The van der Waals surface area contributed by atoms with Gasteiger partial charge in [0.1, 0.15) is 11.9 Å². The summed E-state index contributed by atoms with van der Waals surface area (Å²) >= 11 is 0. The number of hydrogen-bond acceptors (Lipinski definition) is 4. The largest absolute Gasteiger partial charge is 0.467 e. The number of aryl methyl sites for hydroxylation is 1. The van der Waals surface area contributed by atoms with Gasteiger partial charge >= 0.3 is 0 Å². The van der Waals surface area contributed by atoms with E-state index in [-0.39, 0.29) is 11.9 Å².